The van der Waals surface area contributed by atoms with E-state index >= 15 is 0 Å². The van der Waals surface area contributed by atoms with Crippen molar-refractivity contribution < 1.29 is 9.53 Å². The van der Waals surface area contributed by atoms with Gasteiger partial charge >= 0.3 is 0 Å². The van der Waals surface area contributed by atoms with Crippen LogP contribution >= 0.6 is 0 Å². The second-order valence-electron chi connectivity index (χ2n) is 8.38. The molecule has 0 unspecified atom stereocenters. The second-order valence-corrected chi connectivity index (χ2v) is 8.38. The third-order valence-corrected chi connectivity index (χ3v) is 5.97. The SMILES string of the molecule is CN1CCN(C(=O)c2ccc(CNc3nccc(/C(N)=C4/Nc5ccccc5O4)n3)cc2)CC1. The molecule has 1 saturated heterocycles. The summed E-state index contributed by atoms with van der Waals surface area (Å²) < 4.78 is 5.80. The van der Waals surface area contributed by atoms with E-state index in [1.165, 1.54) is 0 Å². The van der Waals surface area contributed by atoms with Crippen molar-refractivity contribution in [3.63, 3.8) is 0 Å². The summed E-state index contributed by atoms with van der Waals surface area (Å²) >= 11 is 0. The molecule has 9 nitrogen and oxygen atoms in total. The normalized spacial score (nSPS) is 16.9. The monoisotopic (exact) mass is 457 g/mol. The highest BCUT2D eigenvalue weighted by molar-refractivity contribution is 5.94. The van der Waals surface area contributed by atoms with Crippen molar-refractivity contribution in [2.75, 3.05) is 43.9 Å². The van der Waals surface area contributed by atoms with Crippen LogP contribution in [0.3, 0.4) is 0 Å². The van der Waals surface area contributed by atoms with Crippen molar-refractivity contribution in [1.82, 2.24) is 19.8 Å². The van der Waals surface area contributed by atoms with Gasteiger partial charge < -0.3 is 30.9 Å². The fourth-order valence-electron chi connectivity index (χ4n) is 3.89. The summed E-state index contributed by atoms with van der Waals surface area (Å²) in [6.45, 7) is 3.85. The number of nitrogens with two attached hydrogens (primary N) is 1. The Balaban J connectivity index is 1.21. The molecule has 3 aromatic rings. The van der Waals surface area contributed by atoms with Crippen LogP contribution < -0.4 is 21.1 Å². The van der Waals surface area contributed by atoms with Gasteiger partial charge in [0.2, 0.25) is 11.8 Å². The zero-order valence-corrected chi connectivity index (χ0v) is 19.0. The molecule has 0 radical (unpaired) electrons. The summed E-state index contributed by atoms with van der Waals surface area (Å²) in [5.74, 6) is 1.71. The third-order valence-electron chi connectivity index (χ3n) is 5.97. The lowest BCUT2D eigenvalue weighted by Crippen LogP contribution is -2.47. The molecule has 1 fully saturated rings. The van der Waals surface area contributed by atoms with Crippen molar-refractivity contribution >= 4 is 23.2 Å². The molecule has 0 saturated carbocycles. The minimum Gasteiger partial charge on any atom is -0.437 e. The molecule has 0 bridgehead atoms. The molecule has 9 heteroatoms. The van der Waals surface area contributed by atoms with Crippen LogP contribution in [0, 0.1) is 0 Å². The number of nitrogens with zero attached hydrogens (tertiary/aromatic N) is 4. The van der Waals surface area contributed by atoms with Crippen LogP contribution in [0.2, 0.25) is 0 Å². The van der Waals surface area contributed by atoms with E-state index < -0.39 is 0 Å². The number of fused-ring (bicyclic) bond motifs is 1. The minimum atomic E-state index is 0.0806. The molecule has 1 amide bonds. The Labute approximate surface area is 198 Å². The molecule has 0 aliphatic carbocycles. The van der Waals surface area contributed by atoms with Gasteiger partial charge in [0.1, 0.15) is 5.70 Å². The predicted molar refractivity (Wildman–Crippen MR) is 131 cm³/mol. The van der Waals surface area contributed by atoms with E-state index in [1.807, 2.05) is 53.4 Å². The third kappa shape index (κ3) is 4.65. The number of ether oxygens (including phenoxy) is 1. The van der Waals surface area contributed by atoms with Crippen molar-refractivity contribution in [3.05, 3.63) is 83.5 Å². The molecule has 2 aromatic carbocycles. The highest BCUT2D eigenvalue weighted by atomic mass is 16.5. The molecule has 4 N–H and O–H groups in total. The molecule has 5 rings (SSSR count). The number of hydrogen-bond donors (Lipinski definition) is 3. The molecular weight excluding hydrogens is 430 g/mol. The first-order valence-corrected chi connectivity index (χ1v) is 11.2. The first kappa shape index (κ1) is 21.7. The van der Waals surface area contributed by atoms with Crippen molar-refractivity contribution in [2.45, 2.75) is 6.54 Å². The van der Waals surface area contributed by atoms with Crippen LogP contribution in [0.15, 0.2) is 66.7 Å². The summed E-state index contributed by atoms with van der Waals surface area (Å²) in [7, 11) is 2.08. The molecule has 2 aliphatic heterocycles. The molecule has 1 aromatic heterocycles. The Kier molecular flexibility index (Phi) is 6.01. The number of rotatable bonds is 5. The van der Waals surface area contributed by atoms with Crippen molar-refractivity contribution in [1.29, 1.82) is 0 Å². The second kappa shape index (κ2) is 9.40. The van der Waals surface area contributed by atoms with Gasteiger partial charge in [0.15, 0.2) is 5.75 Å². The zero-order chi connectivity index (χ0) is 23.5. The number of aromatic nitrogens is 2. The fourth-order valence-corrected chi connectivity index (χ4v) is 3.89. The first-order valence-electron chi connectivity index (χ1n) is 11.2. The van der Waals surface area contributed by atoms with E-state index in [0.29, 0.717) is 35.3 Å². The van der Waals surface area contributed by atoms with Gasteiger partial charge in [-0.2, -0.15) is 0 Å². The summed E-state index contributed by atoms with van der Waals surface area (Å²) in [5, 5.41) is 6.39. The number of piperazine rings is 1. The molecule has 2 aliphatic rings. The maximum atomic E-state index is 12.7. The largest absolute Gasteiger partial charge is 0.437 e. The molecule has 34 heavy (non-hydrogen) atoms. The lowest BCUT2D eigenvalue weighted by molar-refractivity contribution is 0.0664. The zero-order valence-electron chi connectivity index (χ0n) is 19.0. The van der Waals surface area contributed by atoms with Crippen LogP contribution in [-0.2, 0) is 6.54 Å². The van der Waals surface area contributed by atoms with E-state index in [1.54, 1.807) is 12.3 Å². The van der Waals surface area contributed by atoms with Crippen molar-refractivity contribution in [2.24, 2.45) is 5.73 Å². The number of para-hydroxylation sites is 2. The maximum Gasteiger partial charge on any atom is 0.253 e. The van der Waals surface area contributed by atoms with Gasteiger partial charge in [-0.05, 0) is 42.9 Å². The van der Waals surface area contributed by atoms with Gasteiger partial charge in [-0.25, -0.2) is 9.97 Å². The number of nitrogens with one attached hydrogen (secondary N) is 2. The average Bonchev–Trinajstić information content (AvgIpc) is 3.32. The van der Waals surface area contributed by atoms with Gasteiger partial charge in [-0.1, -0.05) is 24.3 Å². The van der Waals surface area contributed by atoms with E-state index in [0.717, 1.165) is 43.2 Å². The van der Waals surface area contributed by atoms with Gasteiger partial charge in [0.05, 0.1) is 11.4 Å². The minimum absolute atomic E-state index is 0.0806. The van der Waals surface area contributed by atoms with E-state index in [4.69, 9.17) is 10.5 Å². The number of likely N-dealkylation sites (N-methyl/N-ethyl adjacent to an activating group) is 1. The summed E-state index contributed by atoms with van der Waals surface area (Å²) in [6, 6.07) is 17.0. The smallest absolute Gasteiger partial charge is 0.253 e. The van der Waals surface area contributed by atoms with Crippen molar-refractivity contribution in [3.8, 4) is 5.75 Å². The summed E-state index contributed by atoms with van der Waals surface area (Å²) in [6.07, 6.45) is 1.65. The van der Waals surface area contributed by atoms with Crippen LogP contribution in [0.1, 0.15) is 21.6 Å². The number of carbonyl (C=O) groups excluding carboxylic acids is 1. The van der Waals surface area contributed by atoms with Gasteiger partial charge in [-0.3, -0.25) is 4.79 Å². The Morgan fingerprint density at radius 3 is 2.62 bits per heavy atom. The number of anilines is 2. The quantitative estimate of drug-likeness (QED) is 0.537. The number of carbonyl (C=O) groups is 1. The summed E-state index contributed by atoms with van der Waals surface area (Å²) in [4.78, 5) is 25.7. The molecule has 0 atom stereocenters. The van der Waals surface area contributed by atoms with Crippen LogP contribution in [-0.4, -0.2) is 58.9 Å². The summed E-state index contributed by atoms with van der Waals surface area (Å²) in [5.41, 5.74) is 9.85. The molecule has 0 spiro atoms. The average molecular weight is 458 g/mol. The fraction of sp³-hybridized carbons (Fsp3) is 0.240. The number of benzene rings is 2. The Hall–Kier alpha value is -4.11. The Morgan fingerprint density at radius 1 is 1.09 bits per heavy atom. The highest BCUT2D eigenvalue weighted by Crippen LogP contribution is 2.34. The Morgan fingerprint density at radius 2 is 1.85 bits per heavy atom. The van der Waals surface area contributed by atoms with E-state index in [2.05, 4.69) is 32.5 Å². The first-order chi connectivity index (χ1) is 16.6. The van der Waals surface area contributed by atoms with Crippen LogP contribution in [0.5, 0.6) is 5.75 Å². The molecule has 174 valence electrons. The van der Waals surface area contributed by atoms with E-state index in [9.17, 15) is 4.79 Å². The standard InChI is InChI=1S/C25H27N7O2/c1-31-12-14-32(15-13-31)24(33)18-8-6-17(7-9-18)16-28-25-27-11-10-20(30-25)22(26)23-29-19-4-2-3-5-21(19)34-23/h2-11,29H,12-16,26H2,1H3,(H,27,28,30)/b23-22+. The lowest BCUT2D eigenvalue weighted by atomic mass is 10.1. The number of amides is 1. The van der Waals surface area contributed by atoms with Gasteiger partial charge in [0, 0.05) is 44.5 Å². The molecule has 3 heterocycles. The topological polar surface area (TPSA) is 109 Å². The molecular formula is C25H27N7O2. The van der Waals surface area contributed by atoms with Gasteiger partial charge in [-0.15, -0.1) is 0 Å². The Bertz CT molecular complexity index is 1190. The van der Waals surface area contributed by atoms with Crippen LogP contribution in [0.4, 0.5) is 11.6 Å². The maximum absolute atomic E-state index is 12.7. The van der Waals surface area contributed by atoms with Crippen LogP contribution in [0.25, 0.3) is 5.70 Å². The van der Waals surface area contributed by atoms with Gasteiger partial charge in [0.25, 0.3) is 5.91 Å². The lowest BCUT2D eigenvalue weighted by Gasteiger charge is -2.32. The number of hydrogen-bond acceptors (Lipinski definition) is 8. The highest BCUT2D eigenvalue weighted by Gasteiger charge is 2.21. The van der Waals surface area contributed by atoms with E-state index in [-0.39, 0.29) is 5.91 Å². The predicted octanol–water partition coefficient (Wildman–Crippen LogP) is 2.57.